The zero-order valence-electron chi connectivity index (χ0n) is 7.85. The van der Waals surface area contributed by atoms with Gasteiger partial charge in [0.05, 0.1) is 15.4 Å². The zero-order chi connectivity index (χ0) is 10.0. The van der Waals surface area contributed by atoms with Crippen LogP contribution in [0.3, 0.4) is 0 Å². The average Bonchev–Trinajstić information content (AvgIpc) is 2.57. The van der Waals surface area contributed by atoms with Gasteiger partial charge in [0.1, 0.15) is 5.75 Å². The molecule has 0 unspecified atom stereocenters. The molecule has 4 heteroatoms. The van der Waals surface area contributed by atoms with Crippen molar-refractivity contribution in [1.29, 1.82) is 0 Å². The minimum atomic E-state index is -1.98. The SMILES string of the molecule is O=S1(=Nc2ccc(O)cc2)CCCC1. The molecule has 2 rings (SSSR count). The van der Waals surface area contributed by atoms with Crippen molar-refractivity contribution in [3.63, 3.8) is 0 Å². The Balaban J connectivity index is 2.33. The lowest BCUT2D eigenvalue weighted by Crippen LogP contribution is -1.99. The van der Waals surface area contributed by atoms with E-state index < -0.39 is 9.73 Å². The van der Waals surface area contributed by atoms with Crippen LogP contribution in [0.15, 0.2) is 28.6 Å². The Hall–Kier alpha value is -1.03. The van der Waals surface area contributed by atoms with Gasteiger partial charge >= 0.3 is 0 Å². The van der Waals surface area contributed by atoms with Crippen LogP contribution in [0.1, 0.15) is 12.8 Å². The maximum atomic E-state index is 12.0. The van der Waals surface area contributed by atoms with Crippen molar-refractivity contribution in [3.05, 3.63) is 24.3 Å². The Morgan fingerprint density at radius 2 is 1.71 bits per heavy atom. The molecule has 0 bridgehead atoms. The van der Waals surface area contributed by atoms with E-state index in [1.165, 1.54) is 0 Å². The summed E-state index contributed by atoms with van der Waals surface area (Å²) in [7, 11) is -1.98. The van der Waals surface area contributed by atoms with Gasteiger partial charge in [-0.3, -0.25) is 0 Å². The Labute approximate surface area is 84.0 Å². The fourth-order valence-electron chi connectivity index (χ4n) is 1.55. The van der Waals surface area contributed by atoms with Crippen molar-refractivity contribution in [3.8, 4) is 5.75 Å². The van der Waals surface area contributed by atoms with E-state index in [0.29, 0.717) is 17.2 Å². The van der Waals surface area contributed by atoms with Crippen LogP contribution < -0.4 is 0 Å². The number of phenolic OH excluding ortho intramolecular Hbond substituents is 1. The molecule has 0 aromatic heterocycles. The van der Waals surface area contributed by atoms with Gasteiger partial charge in [-0.1, -0.05) is 0 Å². The van der Waals surface area contributed by atoms with E-state index in [4.69, 9.17) is 5.11 Å². The maximum absolute atomic E-state index is 12.0. The van der Waals surface area contributed by atoms with Gasteiger partial charge < -0.3 is 5.11 Å². The second kappa shape index (κ2) is 3.61. The van der Waals surface area contributed by atoms with Crippen molar-refractivity contribution in [2.45, 2.75) is 12.8 Å². The summed E-state index contributed by atoms with van der Waals surface area (Å²) in [6, 6.07) is 6.52. The molecule has 0 atom stereocenters. The number of phenols is 1. The normalized spacial score (nSPS) is 19.4. The molecule has 0 amide bonds. The van der Waals surface area contributed by atoms with Crippen molar-refractivity contribution in [2.24, 2.45) is 4.36 Å². The minimum Gasteiger partial charge on any atom is -0.508 e. The summed E-state index contributed by atoms with van der Waals surface area (Å²) < 4.78 is 16.3. The van der Waals surface area contributed by atoms with E-state index >= 15 is 0 Å². The molecule has 3 nitrogen and oxygen atoms in total. The minimum absolute atomic E-state index is 0.213. The number of hydrogen-bond donors (Lipinski definition) is 1. The molecule has 1 fully saturated rings. The Morgan fingerprint density at radius 1 is 1.14 bits per heavy atom. The molecule has 14 heavy (non-hydrogen) atoms. The van der Waals surface area contributed by atoms with E-state index in [-0.39, 0.29) is 5.75 Å². The van der Waals surface area contributed by atoms with E-state index in [2.05, 4.69) is 4.36 Å². The maximum Gasteiger partial charge on any atom is 0.115 e. The highest BCUT2D eigenvalue weighted by Crippen LogP contribution is 2.22. The average molecular weight is 211 g/mol. The molecule has 0 aliphatic carbocycles. The summed E-state index contributed by atoms with van der Waals surface area (Å²) in [4.78, 5) is 0. The number of hydrogen-bond acceptors (Lipinski definition) is 3. The second-order valence-corrected chi connectivity index (χ2v) is 6.04. The third-order valence-corrected chi connectivity index (χ3v) is 4.69. The summed E-state index contributed by atoms with van der Waals surface area (Å²) in [6.45, 7) is 0. The molecule has 0 spiro atoms. The van der Waals surface area contributed by atoms with Crippen molar-refractivity contribution in [2.75, 3.05) is 11.5 Å². The van der Waals surface area contributed by atoms with Crippen LogP contribution in [-0.2, 0) is 9.73 Å². The van der Waals surface area contributed by atoms with Gasteiger partial charge in [0, 0.05) is 11.5 Å². The highest BCUT2D eigenvalue weighted by atomic mass is 32.2. The smallest absolute Gasteiger partial charge is 0.115 e. The van der Waals surface area contributed by atoms with E-state index in [0.717, 1.165) is 12.8 Å². The molecule has 1 aromatic carbocycles. The lowest BCUT2D eigenvalue weighted by atomic mass is 10.3. The van der Waals surface area contributed by atoms with Crippen molar-refractivity contribution < 1.29 is 9.32 Å². The first-order valence-corrected chi connectivity index (χ1v) is 6.55. The van der Waals surface area contributed by atoms with E-state index in [1.54, 1.807) is 24.3 Å². The van der Waals surface area contributed by atoms with E-state index in [9.17, 15) is 4.21 Å². The Kier molecular flexibility index (Phi) is 2.46. The largest absolute Gasteiger partial charge is 0.508 e. The molecule has 1 heterocycles. The second-order valence-electron chi connectivity index (χ2n) is 3.50. The summed E-state index contributed by atoms with van der Waals surface area (Å²) in [6.07, 6.45) is 2.03. The van der Waals surface area contributed by atoms with Crippen LogP contribution >= 0.6 is 0 Å². The van der Waals surface area contributed by atoms with E-state index in [1.807, 2.05) is 0 Å². The quantitative estimate of drug-likeness (QED) is 0.774. The molecular weight excluding hydrogens is 198 g/mol. The molecule has 1 saturated heterocycles. The Bertz CT molecular complexity index is 418. The van der Waals surface area contributed by atoms with Crippen molar-refractivity contribution >= 4 is 15.4 Å². The van der Waals surface area contributed by atoms with Gasteiger partial charge in [-0.25, -0.2) is 4.21 Å². The number of nitrogens with zero attached hydrogens (tertiary/aromatic N) is 1. The summed E-state index contributed by atoms with van der Waals surface area (Å²) in [5, 5.41) is 9.07. The molecule has 1 aromatic rings. The lowest BCUT2D eigenvalue weighted by molar-refractivity contribution is 0.475. The van der Waals surface area contributed by atoms with Crippen LogP contribution in [0.4, 0.5) is 5.69 Å². The number of benzene rings is 1. The highest BCUT2D eigenvalue weighted by Gasteiger charge is 2.15. The fraction of sp³-hybridized carbons (Fsp3) is 0.400. The third kappa shape index (κ3) is 2.07. The predicted molar refractivity (Wildman–Crippen MR) is 57.3 cm³/mol. The molecule has 1 N–H and O–H groups in total. The standard InChI is InChI=1S/C10H13NO2S/c12-10-5-3-9(4-6-10)11-14(13)7-1-2-8-14/h3-6,12H,1-2,7-8H2. The van der Waals surface area contributed by atoms with Gasteiger partial charge in [0.15, 0.2) is 0 Å². The summed E-state index contributed by atoms with van der Waals surface area (Å²) in [5.74, 6) is 1.65. The first kappa shape index (κ1) is 9.52. The first-order chi connectivity index (χ1) is 6.68. The van der Waals surface area contributed by atoms with Gasteiger partial charge in [-0.2, -0.15) is 4.36 Å². The van der Waals surface area contributed by atoms with Crippen LogP contribution in [0, 0.1) is 0 Å². The molecule has 0 radical (unpaired) electrons. The fourth-order valence-corrected chi connectivity index (χ4v) is 3.76. The lowest BCUT2D eigenvalue weighted by Gasteiger charge is -2.00. The monoisotopic (exact) mass is 211 g/mol. The van der Waals surface area contributed by atoms with Gasteiger partial charge in [0.25, 0.3) is 0 Å². The van der Waals surface area contributed by atoms with Gasteiger partial charge in [0.2, 0.25) is 0 Å². The first-order valence-electron chi connectivity index (χ1n) is 4.70. The van der Waals surface area contributed by atoms with Crippen molar-refractivity contribution in [1.82, 2.24) is 0 Å². The molecule has 1 aliphatic heterocycles. The van der Waals surface area contributed by atoms with Gasteiger partial charge in [-0.15, -0.1) is 0 Å². The number of aromatic hydroxyl groups is 1. The predicted octanol–water partition coefficient (Wildman–Crippen LogP) is 2.29. The number of rotatable bonds is 1. The molecule has 76 valence electrons. The summed E-state index contributed by atoms with van der Waals surface area (Å²) >= 11 is 0. The van der Waals surface area contributed by atoms with Gasteiger partial charge in [-0.05, 0) is 37.1 Å². The topological polar surface area (TPSA) is 49.7 Å². The Morgan fingerprint density at radius 3 is 2.29 bits per heavy atom. The molecule has 1 aliphatic rings. The van der Waals surface area contributed by atoms with Crippen LogP contribution in [0.5, 0.6) is 5.75 Å². The van der Waals surface area contributed by atoms with Crippen LogP contribution in [0.2, 0.25) is 0 Å². The van der Waals surface area contributed by atoms with Crippen LogP contribution in [-0.4, -0.2) is 20.8 Å². The molecular formula is C10H13NO2S. The summed E-state index contributed by atoms with van der Waals surface area (Å²) in [5.41, 5.74) is 0.703. The van der Waals surface area contributed by atoms with Crippen LogP contribution in [0.25, 0.3) is 0 Å². The highest BCUT2D eigenvalue weighted by molar-refractivity contribution is 7.93. The zero-order valence-corrected chi connectivity index (χ0v) is 8.67. The third-order valence-electron chi connectivity index (χ3n) is 2.30. The molecule has 0 saturated carbocycles.